The lowest BCUT2D eigenvalue weighted by molar-refractivity contribution is -0.123. The summed E-state index contributed by atoms with van der Waals surface area (Å²) in [7, 11) is 1.92. The maximum atomic E-state index is 11.8. The molecule has 2 aliphatic rings. The van der Waals surface area contributed by atoms with Crippen LogP contribution in [0, 0.1) is 5.92 Å². The van der Waals surface area contributed by atoms with E-state index in [4.69, 9.17) is 4.98 Å². The average Bonchev–Trinajstić information content (AvgIpc) is 3.19. The highest BCUT2D eigenvalue weighted by Gasteiger charge is 2.31. The lowest BCUT2D eigenvalue weighted by Gasteiger charge is -2.31. The van der Waals surface area contributed by atoms with Gasteiger partial charge in [0.05, 0.1) is 18.4 Å². The van der Waals surface area contributed by atoms with Crippen molar-refractivity contribution in [3.8, 4) is 11.3 Å². The van der Waals surface area contributed by atoms with Crippen LogP contribution in [0.25, 0.3) is 11.3 Å². The van der Waals surface area contributed by atoms with Gasteiger partial charge in [-0.25, -0.2) is 4.98 Å². The van der Waals surface area contributed by atoms with Gasteiger partial charge in [-0.05, 0) is 25.7 Å². The number of carbonyl (C=O) groups is 1. The largest absolute Gasteiger partial charge is 0.353 e. The number of likely N-dealkylation sites (tertiary alicyclic amines) is 1. The van der Waals surface area contributed by atoms with Gasteiger partial charge in [0.2, 0.25) is 5.91 Å². The van der Waals surface area contributed by atoms with Crippen molar-refractivity contribution in [2.75, 3.05) is 13.1 Å². The molecule has 2 aromatic heterocycles. The van der Waals surface area contributed by atoms with Crippen LogP contribution in [0.15, 0.2) is 17.8 Å². The molecular formula is C17H23N5OS. The smallest absolute Gasteiger partial charge is 0.223 e. The predicted octanol–water partition coefficient (Wildman–Crippen LogP) is 2.03. The van der Waals surface area contributed by atoms with Crippen molar-refractivity contribution >= 4 is 17.2 Å². The molecule has 1 aliphatic heterocycles. The van der Waals surface area contributed by atoms with Crippen molar-refractivity contribution < 1.29 is 4.79 Å². The Hall–Kier alpha value is -1.73. The lowest BCUT2D eigenvalue weighted by Crippen LogP contribution is -2.44. The van der Waals surface area contributed by atoms with Crippen LogP contribution >= 0.6 is 11.3 Å². The fourth-order valence-corrected chi connectivity index (χ4v) is 4.01. The van der Waals surface area contributed by atoms with Gasteiger partial charge >= 0.3 is 0 Å². The van der Waals surface area contributed by atoms with E-state index in [0.29, 0.717) is 12.0 Å². The van der Waals surface area contributed by atoms with Crippen molar-refractivity contribution in [1.29, 1.82) is 0 Å². The van der Waals surface area contributed by atoms with E-state index in [1.54, 1.807) is 16.0 Å². The Labute approximate surface area is 145 Å². The predicted molar refractivity (Wildman–Crippen MR) is 93.5 cm³/mol. The summed E-state index contributed by atoms with van der Waals surface area (Å²) in [4.78, 5) is 19.0. The number of aromatic nitrogens is 3. The number of piperidine rings is 1. The van der Waals surface area contributed by atoms with Gasteiger partial charge in [0.25, 0.3) is 0 Å². The van der Waals surface area contributed by atoms with E-state index in [9.17, 15) is 4.79 Å². The summed E-state index contributed by atoms with van der Waals surface area (Å²) in [6.45, 7) is 2.95. The maximum absolute atomic E-state index is 11.8. The summed E-state index contributed by atoms with van der Waals surface area (Å²) < 4.78 is 1.80. The topological polar surface area (TPSA) is 63.0 Å². The van der Waals surface area contributed by atoms with Crippen LogP contribution in [0.2, 0.25) is 0 Å². The third kappa shape index (κ3) is 3.67. The molecule has 0 atom stereocenters. The van der Waals surface area contributed by atoms with E-state index < -0.39 is 0 Å². The van der Waals surface area contributed by atoms with Crippen molar-refractivity contribution in [3.63, 3.8) is 0 Å². The quantitative estimate of drug-likeness (QED) is 0.901. The molecule has 24 heavy (non-hydrogen) atoms. The highest BCUT2D eigenvalue weighted by molar-refractivity contribution is 7.09. The molecule has 1 amide bonds. The first-order valence-electron chi connectivity index (χ1n) is 8.63. The minimum absolute atomic E-state index is 0.273. The molecule has 0 unspecified atom stereocenters. The zero-order chi connectivity index (χ0) is 16.5. The van der Waals surface area contributed by atoms with Crippen LogP contribution in [0.1, 0.15) is 30.7 Å². The van der Waals surface area contributed by atoms with Gasteiger partial charge in [-0.3, -0.25) is 14.4 Å². The Balaban J connectivity index is 1.28. The van der Waals surface area contributed by atoms with Gasteiger partial charge < -0.3 is 5.32 Å². The van der Waals surface area contributed by atoms with Gasteiger partial charge in [-0.15, -0.1) is 11.3 Å². The van der Waals surface area contributed by atoms with Gasteiger partial charge in [-0.1, -0.05) is 0 Å². The number of carbonyl (C=O) groups excluding carboxylic acids is 1. The molecule has 4 rings (SSSR count). The van der Waals surface area contributed by atoms with Crippen LogP contribution < -0.4 is 5.32 Å². The van der Waals surface area contributed by atoms with E-state index in [-0.39, 0.29) is 5.91 Å². The molecule has 6 nitrogen and oxygen atoms in total. The van der Waals surface area contributed by atoms with E-state index in [0.717, 1.165) is 61.6 Å². The first-order valence-corrected chi connectivity index (χ1v) is 9.51. The average molecular weight is 345 g/mol. The highest BCUT2D eigenvalue weighted by atomic mass is 32.1. The monoisotopic (exact) mass is 345 g/mol. The second-order valence-electron chi connectivity index (χ2n) is 6.86. The number of hydrogen-bond donors (Lipinski definition) is 1. The molecule has 7 heteroatoms. The van der Waals surface area contributed by atoms with Crippen LogP contribution in [-0.4, -0.2) is 44.7 Å². The van der Waals surface area contributed by atoms with Crippen LogP contribution in [0.3, 0.4) is 0 Å². The molecule has 0 spiro atoms. The molecule has 1 saturated carbocycles. The van der Waals surface area contributed by atoms with Gasteiger partial charge in [0.1, 0.15) is 5.01 Å². The standard InChI is InChI=1S/C17H23N5OS/c1-21-9-13(8-18-21)15-11-24-16(20-15)10-22-6-4-14(5-7-22)19-17(23)12-2-3-12/h8-9,11-12,14H,2-7,10H2,1H3,(H,19,23). The normalized spacial score (nSPS) is 19.5. The Morgan fingerprint density at radius 1 is 1.33 bits per heavy atom. The Morgan fingerprint density at radius 2 is 2.12 bits per heavy atom. The molecule has 2 fully saturated rings. The SMILES string of the molecule is Cn1cc(-c2csc(CN3CCC(NC(=O)C4CC4)CC3)n2)cn1. The molecule has 1 N–H and O–H groups in total. The van der Waals surface area contributed by atoms with Gasteiger partial charge in [0, 0.05) is 49.2 Å². The number of nitrogens with one attached hydrogen (secondary N) is 1. The summed E-state index contributed by atoms with van der Waals surface area (Å²) in [6, 6.07) is 0.358. The number of hydrogen-bond acceptors (Lipinski definition) is 5. The second-order valence-corrected chi connectivity index (χ2v) is 7.81. The summed E-state index contributed by atoms with van der Waals surface area (Å²) in [5.74, 6) is 0.582. The Bertz CT molecular complexity index is 712. The van der Waals surface area contributed by atoms with Crippen LogP contribution in [0.5, 0.6) is 0 Å². The van der Waals surface area contributed by atoms with Crippen LogP contribution in [0.4, 0.5) is 0 Å². The van der Waals surface area contributed by atoms with Crippen molar-refractivity contribution in [1.82, 2.24) is 25.0 Å². The molecule has 3 heterocycles. The Kier molecular flexibility index (Phi) is 4.37. The fourth-order valence-electron chi connectivity index (χ4n) is 3.16. The van der Waals surface area contributed by atoms with Crippen LogP contribution in [-0.2, 0) is 18.4 Å². The molecule has 2 aromatic rings. The maximum Gasteiger partial charge on any atom is 0.223 e. The molecule has 128 valence electrons. The van der Waals surface area contributed by atoms with Crippen molar-refractivity contribution in [3.05, 3.63) is 22.8 Å². The van der Waals surface area contributed by atoms with Gasteiger partial charge in [0.15, 0.2) is 0 Å². The first kappa shape index (κ1) is 15.8. The van der Waals surface area contributed by atoms with Crippen molar-refractivity contribution in [2.45, 2.75) is 38.3 Å². The Morgan fingerprint density at radius 3 is 2.79 bits per heavy atom. The second kappa shape index (κ2) is 6.64. The zero-order valence-corrected chi connectivity index (χ0v) is 14.8. The zero-order valence-electron chi connectivity index (χ0n) is 13.9. The molecule has 0 aromatic carbocycles. The third-order valence-electron chi connectivity index (χ3n) is 4.79. The molecular weight excluding hydrogens is 322 g/mol. The first-order chi connectivity index (χ1) is 11.7. The van der Waals surface area contributed by atoms with Gasteiger partial charge in [-0.2, -0.15) is 5.10 Å². The molecule has 0 radical (unpaired) electrons. The summed E-state index contributed by atoms with van der Waals surface area (Å²) >= 11 is 1.71. The van der Waals surface area contributed by atoms with E-state index in [1.807, 2.05) is 19.4 Å². The van der Waals surface area contributed by atoms with E-state index in [1.165, 1.54) is 0 Å². The molecule has 1 saturated heterocycles. The van der Waals surface area contributed by atoms with E-state index >= 15 is 0 Å². The summed E-state index contributed by atoms with van der Waals surface area (Å²) in [5, 5.41) is 10.7. The summed E-state index contributed by atoms with van der Waals surface area (Å²) in [5.41, 5.74) is 2.08. The molecule has 0 bridgehead atoms. The summed E-state index contributed by atoms with van der Waals surface area (Å²) in [6.07, 6.45) is 8.08. The third-order valence-corrected chi connectivity index (χ3v) is 5.63. The number of amides is 1. The number of aryl methyl sites for hydroxylation is 1. The number of nitrogens with zero attached hydrogens (tertiary/aromatic N) is 4. The number of rotatable bonds is 5. The lowest BCUT2D eigenvalue weighted by atomic mass is 10.0. The molecule has 1 aliphatic carbocycles. The minimum atomic E-state index is 0.273. The van der Waals surface area contributed by atoms with E-state index in [2.05, 4.69) is 20.7 Å². The fraction of sp³-hybridized carbons (Fsp3) is 0.588. The number of thiazole rings is 1. The van der Waals surface area contributed by atoms with Crippen molar-refractivity contribution in [2.24, 2.45) is 13.0 Å². The minimum Gasteiger partial charge on any atom is -0.353 e. The highest BCUT2D eigenvalue weighted by Crippen LogP contribution is 2.29.